The normalized spacial score (nSPS) is 33.0. The lowest BCUT2D eigenvalue weighted by atomic mass is 10.4. The Morgan fingerprint density at radius 1 is 0.140 bits per heavy atom. The van der Waals surface area contributed by atoms with Crippen molar-refractivity contribution in [3.05, 3.63) is 303 Å². The molecule has 16 rings (SSSR count). The van der Waals surface area contributed by atoms with Crippen molar-refractivity contribution in [1.82, 2.24) is 0 Å². The Bertz CT molecular complexity index is 3500. The van der Waals surface area contributed by atoms with E-state index in [0.717, 1.165) is 0 Å². The van der Waals surface area contributed by atoms with Gasteiger partial charge < -0.3 is 67.2 Å². The SMILES string of the molecule is O[Si]1(c2ccccc2)O[Si]2(c3ccccc3)O[Si]3(c4ccccc4)O[Si]4(c5ccccc5)O[Si](O)(c5ccccc5)O[Si]5(c6ccccc6)O[Si](c6ccccc6)(O[Si](c6ccccc6)(O1)O[Si](c1ccccc1)(O5)O[Si](c1ccccc1)(O2)O4)O3. The first-order valence-corrected chi connectivity index (χ1v) is 45.1. The third kappa shape index (κ3) is 9.65. The molecule has 6 aliphatic heterocycles. The first-order valence-electron chi connectivity index (χ1n) is 27.8. The van der Waals surface area contributed by atoms with Crippen molar-refractivity contribution in [2.75, 3.05) is 0 Å². The van der Waals surface area contributed by atoms with Crippen LogP contribution in [-0.2, 0) is 57.6 Å². The second kappa shape index (κ2) is 21.8. The maximum atomic E-state index is 14.8. The zero-order chi connectivity index (χ0) is 58.0. The molecule has 428 valence electrons. The lowest BCUT2D eigenvalue weighted by Gasteiger charge is -2.60. The van der Waals surface area contributed by atoms with E-state index in [1.165, 1.54) is 0 Å². The molecule has 8 bridgehead atoms. The Balaban J connectivity index is 1.23. The molecule has 0 aliphatic carbocycles. The summed E-state index contributed by atoms with van der Waals surface area (Å²) in [6, 6.07) is 90.8. The molecule has 0 atom stereocenters. The molecule has 6 aliphatic rings. The molecular formula is C60H52O16Si10. The smallest absolute Gasteiger partial charge is 0.387 e. The van der Waals surface area contributed by atoms with Crippen molar-refractivity contribution in [3.63, 3.8) is 0 Å². The van der Waals surface area contributed by atoms with Gasteiger partial charge in [-0.1, -0.05) is 303 Å². The van der Waals surface area contributed by atoms with Gasteiger partial charge in [0, 0.05) is 51.9 Å². The monoisotopic (exact) mass is 1310 g/mol. The Morgan fingerprint density at radius 2 is 0.244 bits per heavy atom. The van der Waals surface area contributed by atoms with Crippen molar-refractivity contribution in [2.45, 2.75) is 0 Å². The van der Waals surface area contributed by atoms with Gasteiger partial charge in [-0.3, -0.25) is 0 Å². The summed E-state index contributed by atoms with van der Waals surface area (Å²) in [5.41, 5.74) is 0. The van der Waals surface area contributed by atoms with Crippen molar-refractivity contribution in [3.8, 4) is 0 Å². The van der Waals surface area contributed by atoms with Gasteiger partial charge in [0.2, 0.25) is 0 Å². The van der Waals surface area contributed by atoms with Gasteiger partial charge in [0.15, 0.2) is 0 Å². The van der Waals surface area contributed by atoms with Gasteiger partial charge in [-0.05, 0) is 0 Å². The average molecular weight is 1310 g/mol. The minimum Gasteiger partial charge on any atom is -0.387 e. The summed E-state index contributed by atoms with van der Waals surface area (Å²) in [7, 11) is -54.2. The maximum Gasteiger partial charge on any atom is 0.520 e. The van der Waals surface area contributed by atoms with Gasteiger partial charge in [0.05, 0.1) is 0 Å². The van der Waals surface area contributed by atoms with Crippen LogP contribution in [0.1, 0.15) is 0 Å². The van der Waals surface area contributed by atoms with Crippen molar-refractivity contribution in [2.24, 2.45) is 0 Å². The topological polar surface area (TPSA) is 170 Å². The highest BCUT2D eigenvalue weighted by molar-refractivity contribution is 7.13. The first kappa shape index (κ1) is 56.3. The van der Waals surface area contributed by atoms with E-state index in [4.69, 9.17) is 57.6 Å². The van der Waals surface area contributed by atoms with Gasteiger partial charge in [-0.2, -0.15) is 0 Å². The van der Waals surface area contributed by atoms with Gasteiger partial charge in [0.25, 0.3) is 0 Å². The summed E-state index contributed by atoms with van der Waals surface area (Å²) in [5, 5.41) is 3.08. The molecule has 6 saturated heterocycles. The second-order valence-electron chi connectivity index (χ2n) is 20.7. The molecule has 86 heavy (non-hydrogen) atoms. The van der Waals surface area contributed by atoms with Gasteiger partial charge in [-0.15, -0.1) is 0 Å². The Labute approximate surface area is 507 Å². The van der Waals surface area contributed by atoms with Crippen molar-refractivity contribution < 1.29 is 67.2 Å². The molecule has 0 spiro atoms. The van der Waals surface area contributed by atoms with E-state index in [1.807, 2.05) is 206 Å². The zero-order valence-electron chi connectivity index (χ0n) is 45.5. The third-order valence-electron chi connectivity index (χ3n) is 15.1. The molecule has 6 fully saturated rings. The maximum absolute atomic E-state index is 14.8. The lowest BCUT2D eigenvalue weighted by molar-refractivity contribution is 0.0148. The molecule has 10 aromatic carbocycles. The standard InChI is InChI=1S/C60H52O16Si10/c61-77(51-31-11-1-12-32-51)63-79(53-35-15-3-16-36-53)67-83(57-43-23-7-24-44-57)71-81(55-39-19-5-20-40-55)65-78(62,52-33-13-2-14-34-52)66-82(56-41-21-6-22-42-56)73-85(75-83,59-47-27-9-28-48-59)69-80(64-77,54-37-17-4-18-38-54)70-86(74-82,60-49-29-10-30-50-60)76-84(68-79,72-81)58-45-25-8-26-46-58/h1-50,61-62H. The molecule has 0 amide bonds. The predicted molar refractivity (Wildman–Crippen MR) is 338 cm³/mol. The number of rotatable bonds is 10. The Morgan fingerprint density at radius 3 is 0.372 bits per heavy atom. The van der Waals surface area contributed by atoms with E-state index in [0.29, 0.717) is 41.5 Å². The van der Waals surface area contributed by atoms with Crippen molar-refractivity contribution in [1.29, 1.82) is 0 Å². The highest BCUT2D eigenvalue weighted by atomic mass is 28.6. The summed E-state index contributed by atoms with van der Waals surface area (Å²) in [6.07, 6.45) is 0. The quantitative estimate of drug-likeness (QED) is 0.192. The molecule has 2 N–H and O–H groups in total. The van der Waals surface area contributed by atoms with Gasteiger partial charge in [-0.25, -0.2) is 0 Å². The summed E-state index contributed by atoms with van der Waals surface area (Å²) < 4.78 is 115. The summed E-state index contributed by atoms with van der Waals surface area (Å²) >= 11 is 0. The summed E-state index contributed by atoms with van der Waals surface area (Å²) in [5.74, 6) is 0. The van der Waals surface area contributed by atoms with Crippen LogP contribution in [0.5, 0.6) is 0 Å². The van der Waals surface area contributed by atoms with E-state index >= 15 is 0 Å². The predicted octanol–water partition coefficient (Wildman–Crippen LogP) is 2.73. The molecule has 16 nitrogen and oxygen atoms in total. The zero-order valence-corrected chi connectivity index (χ0v) is 55.5. The molecule has 0 aromatic heterocycles. The molecular weight excluding hydrogens is 1260 g/mol. The van der Waals surface area contributed by atoms with Crippen LogP contribution in [0.15, 0.2) is 303 Å². The third-order valence-corrected chi connectivity index (χ3v) is 55.7. The molecule has 0 radical (unpaired) electrons. The van der Waals surface area contributed by atoms with Crippen LogP contribution in [0.25, 0.3) is 0 Å². The van der Waals surface area contributed by atoms with E-state index < -0.39 is 88.0 Å². The average Bonchev–Trinajstić information content (AvgIpc) is 0.693. The van der Waals surface area contributed by atoms with Crippen LogP contribution in [0.3, 0.4) is 0 Å². The minimum atomic E-state index is -5.46. The Kier molecular flexibility index (Phi) is 14.3. The molecule has 6 heterocycles. The number of hydrogen-bond acceptors (Lipinski definition) is 16. The second-order valence-corrected chi connectivity index (χ2v) is 49.1. The summed E-state index contributed by atoms with van der Waals surface area (Å²) in [6.45, 7) is 0. The van der Waals surface area contributed by atoms with Crippen molar-refractivity contribution >= 4 is 140 Å². The highest BCUT2D eigenvalue weighted by Gasteiger charge is 2.84. The lowest BCUT2D eigenvalue weighted by Crippen LogP contribution is -2.94. The van der Waals surface area contributed by atoms with E-state index in [9.17, 15) is 9.59 Å². The molecule has 0 saturated carbocycles. The first-order chi connectivity index (χ1) is 42.0. The fourth-order valence-electron chi connectivity index (χ4n) is 11.1. The molecule has 0 unspecified atom stereocenters. The summed E-state index contributed by atoms with van der Waals surface area (Å²) in [4.78, 5) is 29.6. The molecule has 10 aromatic rings. The van der Waals surface area contributed by atoms with Gasteiger partial charge >= 0.3 is 88.0 Å². The van der Waals surface area contributed by atoms with E-state index in [-0.39, 0.29) is 10.4 Å². The fourth-order valence-corrected chi connectivity index (χ4v) is 64.4. The number of hydrogen-bond donors (Lipinski definition) is 2. The van der Waals surface area contributed by atoms with Crippen LogP contribution < -0.4 is 51.9 Å². The van der Waals surface area contributed by atoms with Crippen LogP contribution in [-0.4, -0.2) is 97.6 Å². The largest absolute Gasteiger partial charge is 0.520 e. The Hall–Kier alpha value is -6.27. The highest BCUT2D eigenvalue weighted by Crippen LogP contribution is 2.46. The minimum absolute atomic E-state index is 0.228. The van der Waals surface area contributed by atoms with Crippen LogP contribution in [0.4, 0.5) is 0 Å². The van der Waals surface area contributed by atoms with Crippen LogP contribution in [0.2, 0.25) is 0 Å². The van der Waals surface area contributed by atoms with Gasteiger partial charge in [0.1, 0.15) is 0 Å². The molecule has 26 heteroatoms. The van der Waals surface area contributed by atoms with E-state index in [2.05, 4.69) is 0 Å². The van der Waals surface area contributed by atoms with Crippen LogP contribution in [0, 0.1) is 0 Å². The van der Waals surface area contributed by atoms with Crippen LogP contribution >= 0.6 is 0 Å². The fraction of sp³-hybridized carbons (Fsp3) is 0. The number of fused-ring (bicyclic) bond motifs is 4. The number of benzene rings is 10. The van der Waals surface area contributed by atoms with E-state index in [1.54, 1.807) is 97.1 Å².